The van der Waals surface area contributed by atoms with Crippen LogP contribution in [0.1, 0.15) is 42.5 Å². The SMILES string of the molecule is Cc1cc(C(=O)NNC(=O)OC(C)(C)C)cc(C)n1. The molecular weight excluding hydrogens is 246 g/mol. The van der Waals surface area contributed by atoms with Gasteiger partial charge in [0.25, 0.3) is 5.91 Å². The van der Waals surface area contributed by atoms with Crippen LogP contribution in [0.4, 0.5) is 4.79 Å². The Morgan fingerprint density at radius 3 is 2.11 bits per heavy atom. The van der Waals surface area contributed by atoms with Crippen molar-refractivity contribution in [3.63, 3.8) is 0 Å². The number of carbonyl (C=O) groups is 2. The molecule has 0 aromatic carbocycles. The Bertz CT molecular complexity index is 472. The summed E-state index contributed by atoms with van der Waals surface area (Å²) in [6.07, 6.45) is -0.705. The molecule has 2 N–H and O–H groups in total. The lowest BCUT2D eigenvalue weighted by Gasteiger charge is -2.19. The van der Waals surface area contributed by atoms with Gasteiger partial charge in [-0.2, -0.15) is 0 Å². The Morgan fingerprint density at radius 1 is 1.11 bits per heavy atom. The molecule has 0 aliphatic carbocycles. The Labute approximate surface area is 112 Å². The molecule has 0 aliphatic rings. The molecule has 0 spiro atoms. The molecule has 0 saturated heterocycles. The number of rotatable bonds is 1. The fourth-order valence-corrected chi connectivity index (χ4v) is 1.45. The second-order valence-electron chi connectivity index (χ2n) is 5.22. The summed E-state index contributed by atoms with van der Waals surface area (Å²) in [6.45, 7) is 8.81. The van der Waals surface area contributed by atoms with Crippen LogP contribution in [0.5, 0.6) is 0 Å². The third-order valence-corrected chi connectivity index (χ3v) is 2.02. The topological polar surface area (TPSA) is 80.3 Å². The molecule has 0 bridgehead atoms. The predicted molar refractivity (Wildman–Crippen MR) is 70.5 cm³/mol. The monoisotopic (exact) mass is 265 g/mol. The van der Waals surface area contributed by atoms with E-state index in [4.69, 9.17) is 4.74 Å². The molecule has 0 unspecified atom stereocenters. The van der Waals surface area contributed by atoms with E-state index in [2.05, 4.69) is 15.8 Å². The average molecular weight is 265 g/mol. The number of pyridine rings is 1. The molecule has 1 aromatic rings. The molecule has 0 atom stereocenters. The van der Waals surface area contributed by atoms with Crippen molar-refractivity contribution in [3.8, 4) is 0 Å². The first-order chi connectivity index (χ1) is 8.67. The van der Waals surface area contributed by atoms with E-state index in [1.807, 2.05) is 0 Å². The third kappa shape index (κ3) is 5.37. The van der Waals surface area contributed by atoms with Crippen LogP contribution in [0, 0.1) is 13.8 Å². The number of amides is 2. The van der Waals surface area contributed by atoms with E-state index in [1.54, 1.807) is 46.8 Å². The largest absolute Gasteiger partial charge is 0.443 e. The van der Waals surface area contributed by atoms with Crippen molar-refractivity contribution >= 4 is 12.0 Å². The van der Waals surface area contributed by atoms with Crippen LogP contribution < -0.4 is 10.9 Å². The van der Waals surface area contributed by atoms with Crippen LogP contribution in [-0.4, -0.2) is 22.6 Å². The zero-order valence-electron chi connectivity index (χ0n) is 11.8. The maximum absolute atomic E-state index is 11.8. The van der Waals surface area contributed by atoms with Gasteiger partial charge in [-0.3, -0.25) is 15.2 Å². The molecule has 0 radical (unpaired) electrons. The molecule has 6 nitrogen and oxygen atoms in total. The van der Waals surface area contributed by atoms with Gasteiger partial charge in [-0.15, -0.1) is 0 Å². The van der Waals surface area contributed by atoms with Gasteiger partial charge in [0.05, 0.1) is 0 Å². The predicted octanol–water partition coefficient (Wildman–Crippen LogP) is 1.87. The summed E-state index contributed by atoms with van der Waals surface area (Å²) < 4.78 is 4.99. The molecule has 2 amide bonds. The number of hydrogen-bond donors (Lipinski definition) is 2. The van der Waals surface area contributed by atoms with Crippen LogP contribution in [0.25, 0.3) is 0 Å². The number of nitrogens with zero attached hydrogens (tertiary/aromatic N) is 1. The maximum Gasteiger partial charge on any atom is 0.426 e. The zero-order chi connectivity index (χ0) is 14.6. The van der Waals surface area contributed by atoms with Crippen molar-refractivity contribution < 1.29 is 14.3 Å². The van der Waals surface area contributed by atoms with Crippen molar-refractivity contribution in [3.05, 3.63) is 29.1 Å². The van der Waals surface area contributed by atoms with Gasteiger partial charge in [-0.25, -0.2) is 10.2 Å². The first-order valence-corrected chi connectivity index (χ1v) is 5.92. The van der Waals surface area contributed by atoms with Crippen LogP contribution in [0.3, 0.4) is 0 Å². The molecule has 6 heteroatoms. The summed E-state index contributed by atoms with van der Waals surface area (Å²) in [6, 6.07) is 3.28. The van der Waals surface area contributed by atoms with Gasteiger partial charge in [0.2, 0.25) is 0 Å². The van der Waals surface area contributed by atoms with Crippen molar-refractivity contribution in [2.75, 3.05) is 0 Å². The van der Waals surface area contributed by atoms with Crippen molar-refractivity contribution in [1.29, 1.82) is 0 Å². The molecule has 0 fully saturated rings. The van der Waals surface area contributed by atoms with Crippen molar-refractivity contribution in [2.45, 2.75) is 40.2 Å². The maximum atomic E-state index is 11.8. The van der Waals surface area contributed by atoms with Crippen LogP contribution in [-0.2, 0) is 4.74 Å². The van der Waals surface area contributed by atoms with Gasteiger partial charge in [-0.1, -0.05) is 0 Å². The minimum Gasteiger partial charge on any atom is -0.443 e. The van der Waals surface area contributed by atoms with Gasteiger partial charge in [0.15, 0.2) is 0 Å². The Hall–Kier alpha value is -2.11. The number of aryl methyl sites for hydroxylation is 2. The number of carbonyl (C=O) groups excluding carboxylic acids is 2. The highest BCUT2D eigenvalue weighted by Gasteiger charge is 2.16. The minimum absolute atomic E-state index is 0.417. The number of hydrogen-bond acceptors (Lipinski definition) is 4. The van der Waals surface area contributed by atoms with Gasteiger partial charge in [0, 0.05) is 17.0 Å². The summed E-state index contributed by atoms with van der Waals surface area (Å²) in [5.41, 5.74) is 5.78. The van der Waals surface area contributed by atoms with Crippen LogP contribution in [0.2, 0.25) is 0 Å². The highest BCUT2D eigenvalue weighted by atomic mass is 16.6. The zero-order valence-corrected chi connectivity index (χ0v) is 11.8. The van der Waals surface area contributed by atoms with Gasteiger partial charge < -0.3 is 4.74 Å². The molecule has 0 aliphatic heterocycles. The highest BCUT2D eigenvalue weighted by molar-refractivity contribution is 5.95. The van der Waals surface area contributed by atoms with Gasteiger partial charge in [-0.05, 0) is 46.8 Å². The first-order valence-electron chi connectivity index (χ1n) is 5.92. The van der Waals surface area contributed by atoms with E-state index >= 15 is 0 Å². The van der Waals surface area contributed by atoms with E-state index in [1.165, 1.54) is 0 Å². The molecule has 104 valence electrons. The fraction of sp³-hybridized carbons (Fsp3) is 0.462. The quantitative estimate of drug-likeness (QED) is 0.760. The Morgan fingerprint density at radius 2 is 1.63 bits per heavy atom. The summed E-state index contributed by atoms with van der Waals surface area (Å²) in [5, 5.41) is 0. The molecule has 19 heavy (non-hydrogen) atoms. The van der Waals surface area contributed by atoms with E-state index < -0.39 is 17.6 Å². The van der Waals surface area contributed by atoms with Crippen molar-refractivity contribution in [2.24, 2.45) is 0 Å². The summed E-state index contributed by atoms with van der Waals surface area (Å²) in [4.78, 5) is 27.3. The first kappa shape index (κ1) is 14.9. The second kappa shape index (κ2) is 5.69. The fourth-order valence-electron chi connectivity index (χ4n) is 1.45. The standard InChI is InChI=1S/C13H19N3O3/c1-8-6-10(7-9(2)14-8)11(17)15-16-12(18)19-13(3,4)5/h6-7H,1-5H3,(H,15,17)(H,16,18). The summed E-state index contributed by atoms with van der Waals surface area (Å²) in [7, 11) is 0. The second-order valence-corrected chi connectivity index (χ2v) is 5.22. The van der Waals surface area contributed by atoms with E-state index in [-0.39, 0.29) is 0 Å². The lowest BCUT2D eigenvalue weighted by Crippen LogP contribution is -2.44. The van der Waals surface area contributed by atoms with Gasteiger partial charge in [0.1, 0.15) is 5.60 Å². The lowest BCUT2D eigenvalue weighted by molar-refractivity contribution is 0.0483. The third-order valence-electron chi connectivity index (χ3n) is 2.02. The van der Waals surface area contributed by atoms with Gasteiger partial charge >= 0.3 is 6.09 Å². The van der Waals surface area contributed by atoms with Crippen LogP contribution in [0.15, 0.2) is 12.1 Å². The Balaban J connectivity index is 2.58. The van der Waals surface area contributed by atoms with E-state index in [9.17, 15) is 9.59 Å². The molecule has 1 rings (SSSR count). The molecule has 0 saturated carbocycles. The van der Waals surface area contributed by atoms with E-state index in [0.29, 0.717) is 5.56 Å². The van der Waals surface area contributed by atoms with E-state index in [0.717, 1.165) is 11.4 Å². The number of aromatic nitrogens is 1. The number of hydrazine groups is 1. The summed E-state index contributed by atoms with van der Waals surface area (Å²) >= 11 is 0. The molecule has 1 heterocycles. The average Bonchev–Trinajstić information content (AvgIpc) is 2.22. The molecule has 1 aromatic heterocycles. The number of ether oxygens (including phenoxy) is 1. The normalized spacial score (nSPS) is 10.8. The highest BCUT2D eigenvalue weighted by Crippen LogP contribution is 2.06. The smallest absolute Gasteiger partial charge is 0.426 e. The number of nitrogens with one attached hydrogen (secondary N) is 2. The Kier molecular flexibility index (Phi) is 4.47. The van der Waals surface area contributed by atoms with Crippen molar-refractivity contribution in [1.82, 2.24) is 15.8 Å². The molecular formula is C13H19N3O3. The lowest BCUT2D eigenvalue weighted by atomic mass is 10.2. The van der Waals surface area contributed by atoms with Crippen LogP contribution >= 0.6 is 0 Å². The summed E-state index contributed by atoms with van der Waals surface area (Å²) in [5.74, 6) is -0.417. The minimum atomic E-state index is -0.705.